The fraction of sp³-hybridized carbons (Fsp3) is 0.286. The highest BCUT2D eigenvalue weighted by molar-refractivity contribution is 6.30. The minimum atomic E-state index is -0.139. The van der Waals surface area contributed by atoms with Gasteiger partial charge in [-0.05, 0) is 49.1 Å². The lowest BCUT2D eigenvalue weighted by molar-refractivity contribution is 0.0569. The smallest absolute Gasteiger partial charge is 0.256 e. The quantitative estimate of drug-likeness (QED) is 0.658. The van der Waals surface area contributed by atoms with E-state index in [1.165, 1.54) is 0 Å². The van der Waals surface area contributed by atoms with Crippen LogP contribution in [0.5, 0.6) is 0 Å². The van der Waals surface area contributed by atoms with E-state index in [1.807, 2.05) is 29.2 Å². The predicted molar refractivity (Wildman–Crippen MR) is 103 cm³/mol. The van der Waals surface area contributed by atoms with Crippen LogP contribution >= 0.6 is 11.6 Å². The molecule has 0 unspecified atom stereocenters. The number of hydrogen-bond donors (Lipinski definition) is 0. The lowest BCUT2D eigenvalue weighted by Crippen LogP contribution is -2.38. The molecule has 0 radical (unpaired) electrons. The molecule has 0 saturated carbocycles. The standard InChI is InChI=1S/C21H20ClN3O2/c22-17-7-3-5-15(11-17)12-18-14-24-20(27-18)19-8-1-2-10-25(19)21(26)16-6-4-9-23-13-16/h3-7,9,11,13-14,19H,1-2,8,10,12H2/t19-/m1/s1. The normalized spacial score (nSPS) is 17.1. The summed E-state index contributed by atoms with van der Waals surface area (Å²) in [5, 5.41) is 0.702. The van der Waals surface area contributed by atoms with E-state index in [1.54, 1.807) is 30.7 Å². The van der Waals surface area contributed by atoms with Crippen molar-refractivity contribution >= 4 is 17.5 Å². The van der Waals surface area contributed by atoms with Crippen molar-refractivity contribution in [2.24, 2.45) is 0 Å². The maximum absolute atomic E-state index is 12.9. The number of aromatic nitrogens is 2. The van der Waals surface area contributed by atoms with E-state index < -0.39 is 0 Å². The molecule has 1 atom stereocenters. The second-order valence-electron chi connectivity index (χ2n) is 6.72. The van der Waals surface area contributed by atoms with E-state index in [2.05, 4.69) is 9.97 Å². The molecule has 3 heterocycles. The Balaban J connectivity index is 1.54. The highest BCUT2D eigenvalue weighted by Crippen LogP contribution is 2.32. The number of oxazole rings is 1. The van der Waals surface area contributed by atoms with Gasteiger partial charge >= 0.3 is 0 Å². The van der Waals surface area contributed by atoms with Gasteiger partial charge in [0.15, 0.2) is 0 Å². The summed E-state index contributed by atoms with van der Waals surface area (Å²) in [5.41, 5.74) is 1.66. The summed E-state index contributed by atoms with van der Waals surface area (Å²) < 4.78 is 6.02. The minimum Gasteiger partial charge on any atom is -0.443 e. The first-order valence-electron chi connectivity index (χ1n) is 9.11. The van der Waals surface area contributed by atoms with Gasteiger partial charge < -0.3 is 9.32 Å². The van der Waals surface area contributed by atoms with Crippen LogP contribution in [0.25, 0.3) is 0 Å². The molecule has 1 aliphatic rings. The predicted octanol–water partition coefficient (Wildman–Crippen LogP) is 4.68. The van der Waals surface area contributed by atoms with Crippen molar-refractivity contribution in [2.75, 3.05) is 6.54 Å². The molecule has 1 aliphatic heterocycles. The molecule has 3 aromatic rings. The van der Waals surface area contributed by atoms with E-state index >= 15 is 0 Å². The number of amides is 1. The van der Waals surface area contributed by atoms with E-state index in [0.29, 0.717) is 29.4 Å². The Hall–Kier alpha value is -2.66. The Labute approximate surface area is 163 Å². The van der Waals surface area contributed by atoms with Crippen LogP contribution in [-0.2, 0) is 6.42 Å². The third-order valence-corrected chi connectivity index (χ3v) is 5.03. The van der Waals surface area contributed by atoms with Crippen LogP contribution < -0.4 is 0 Å². The van der Waals surface area contributed by atoms with Gasteiger partial charge in [0.1, 0.15) is 11.8 Å². The number of hydrogen-bond acceptors (Lipinski definition) is 4. The summed E-state index contributed by atoms with van der Waals surface area (Å²) in [6.07, 6.45) is 8.53. The van der Waals surface area contributed by atoms with Crippen molar-refractivity contribution in [3.8, 4) is 0 Å². The van der Waals surface area contributed by atoms with Gasteiger partial charge in [0.05, 0.1) is 11.8 Å². The fourth-order valence-electron chi connectivity index (χ4n) is 3.49. The average Bonchev–Trinajstić information content (AvgIpc) is 3.16. The molecule has 0 aliphatic carbocycles. The third-order valence-electron chi connectivity index (χ3n) is 4.80. The largest absolute Gasteiger partial charge is 0.443 e. The van der Waals surface area contributed by atoms with Crippen LogP contribution in [0.15, 0.2) is 59.4 Å². The van der Waals surface area contributed by atoms with Gasteiger partial charge in [0, 0.05) is 30.4 Å². The number of benzene rings is 1. The Morgan fingerprint density at radius 3 is 2.96 bits per heavy atom. The van der Waals surface area contributed by atoms with E-state index in [-0.39, 0.29) is 11.9 Å². The molecule has 1 fully saturated rings. The van der Waals surface area contributed by atoms with E-state index in [0.717, 1.165) is 30.6 Å². The number of carbonyl (C=O) groups excluding carboxylic acids is 1. The molecular weight excluding hydrogens is 362 g/mol. The van der Waals surface area contributed by atoms with Gasteiger partial charge in [-0.3, -0.25) is 9.78 Å². The van der Waals surface area contributed by atoms with Gasteiger partial charge in [-0.15, -0.1) is 0 Å². The second kappa shape index (κ2) is 7.92. The lowest BCUT2D eigenvalue weighted by atomic mass is 10.0. The summed E-state index contributed by atoms with van der Waals surface area (Å²) in [5.74, 6) is 1.35. The first-order chi connectivity index (χ1) is 13.2. The number of pyridine rings is 1. The number of nitrogens with zero attached hydrogens (tertiary/aromatic N) is 3. The Morgan fingerprint density at radius 1 is 1.22 bits per heavy atom. The second-order valence-corrected chi connectivity index (χ2v) is 7.16. The van der Waals surface area contributed by atoms with Crippen LogP contribution in [0.1, 0.15) is 52.9 Å². The minimum absolute atomic E-state index is 0.0256. The number of carbonyl (C=O) groups is 1. The molecule has 1 aromatic carbocycles. The van der Waals surface area contributed by atoms with Gasteiger partial charge in [0.2, 0.25) is 5.89 Å². The summed E-state index contributed by atoms with van der Waals surface area (Å²) >= 11 is 6.05. The van der Waals surface area contributed by atoms with Gasteiger partial charge in [0.25, 0.3) is 5.91 Å². The zero-order valence-corrected chi connectivity index (χ0v) is 15.6. The van der Waals surface area contributed by atoms with Crippen LogP contribution in [0.4, 0.5) is 0 Å². The monoisotopic (exact) mass is 381 g/mol. The van der Waals surface area contributed by atoms with Crippen molar-refractivity contribution in [3.05, 3.63) is 82.8 Å². The van der Waals surface area contributed by atoms with Crippen molar-refractivity contribution in [2.45, 2.75) is 31.7 Å². The molecule has 1 amide bonds. The first-order valence-corrected chi connectivity index (χ1v) is 9.48. The zero-order valence-electron chi connectivity index (χ0n) is 14.8. The molecule has 5 nitrogen and oxygen atoms in total. The summed E-state index contributed by atoms with van der Waals surface area (Å²) in [4.78, 5) is 23.3. The van der Waals surface area contributed by atoms with Gasteiger partial charge in [-0.1, -0.05) is 23.7 Å². The maximum Gasteiger partial charge on any atom is 0.256 e. The van der Waals surface area contributed by atoms with Gasteiger partial charge in [-0.25, -0.2) is 4.98 Å². The van der Waals surface area contributed by atoms with E-state index in [4.69, 9.17) is 16.0 Å². The topological polar surface area (TPSA) is 59.2 Å². The van der Waals surface area contributed by atoms with Crippen molar-refractivity contribution in [1.82, 2.24) is 14.9 Å². The number of rotatable bonds is 4. The molecule has 6 heteroatoms. The summed E-state index contributed by atoms with van der Waals surface area (Å²) in [6.45, 7) is 0.699. The molecule has 27 heavy (non-hydrogen) atoms. The zero-order chi connectivity index (χ0) is 18.6. The molecule has 0 bridgehead atoms. The van der Waals surface area contributed by atoms with Crippen LogP contribution in [0, 0.1) is 0 Å². The van der Waals surface area contributed by atoms with Gasteiger partial charge in [-0.2, -0.15) is 0 Å². The summed E-state index contributed by atoms with van der Waals surface area (Å²) in [6, 6.07) is 11.1. The number of halogens is 1. The Morgan fingerprint density at radius 2 is 2.15 bits per heavy atom. The molecular formula is C21H20ClN3O2. The average molecular weight is 382 g/mol. The number of piperidine rings is 1. The Bertz CT molecular complexity index is 926. The van der Waals surface area contributed by atoms with Crippen LogP contribution in [0.2, 0.25) is 5.02 Å². The highest BCUT2D eigenvalue weighted by Gasteiger charge is 2.32. The first kappa shape index (κ1) is 17.7. The Kier molecular flexibility index (Phi) is 5.21. The maximum atomic E-state index is 12.9. The molecule has 1 saturated heterocycles. The molecule has 0 N–H and O–H groups in total. The van der Waals surface area contributed by atoms with Crippen molar-refractivity contribution < 1.29 is 9.21 Å². The fourth-order valence-corrected chi connectivity index (χ4v) is 3.71. The van der Waals surface area contributed by atoms with E-state index in [9.17, 15) is 4.79 Å². The third kappa shape index (κ3) is 4.03. The summed E-state index contributed by atoms with van der Waals surface area (Å²) in [7, 11) is 0. The van der Waals surface area contributed by atoms with Crippen LogP contribution in [-0.4, -0.2) is 27.3 Å². The number of likely N-dealkylation sites (tertiary alicyclic amines) is 1. The van der Waals surface area contributed by atoms with Crippen molar-refractivity contribution in [3.63, 3.8) is 0 Å². The molecule has 4 rings (SSSR count). The molecule has 0 spiro atoms. The van der Waals surface area contributed by atoms with Crippen molar-refractivity contribution in [1.29, 1.82) is 0 Å². The SMILES string of the molecule is O=C(c1cccnc1)N1CCCC[C@@H]1c1ncc(Cc2cccc(Cl)c2)o1. The molecule has 2 aromatic heterocycles. The lowest BCUT2D eigenvalue weighted by Gasteiger charge is -2.33. The van der Waals surface area contributed by atoms with Crippen LogP contribution in [0.3, 0.4) is 0 Å². The molecule has 138 valence electrons. The highest BCUT2D eigenvalue weighted by atomic mass is 35.5.